The van der Waals surface area contributed by atoms with E-state index in [1.54, 1.807) is 12.1 Å². The SMILES string of the molecule is Cc1c(N)ccc2[nH]cc(C(=O)O)c12. The number of aromatic carboxylic acids is 1. The van der Waals surface area contributed by atoms with Gasteiger partial charge in [-0.15, -0.1) is 0 Å². The van der Waals surface area contributed by atoms with Crippen LogP contribution in [0.5, 0.6) is 0 Å². The van der Waals surface area contributed by atoms with Gasteiger partial charge in [-0.05, 0) is 24.6 Å². The molecule has 0 spiro atoms. The maximum atomic E-state index is 10.9. The first-order chi connectivity index (χ1) is 6.61. The lowest BCUT2D eigenvalue weighted by molar-refractivity contribution is 0.0699. The number of carbonyl (C=O) groups is 1. The lowest BCUT2D eigenvalue weighted by atomic mass is 10.1. The van der Waals surface area contributed by atoms with Crippen LogP contribution in [0.3, 0.4) is 0 Å². The van der Waals surface area contributed by atoms with E-state index in [9.17, 15) is 4.79 Å². The average Bonchev–Trinajstić information content (AvgIpc) is 2.55. The van der Waals surface area contributed by atoms with Crippen molar-refractivity contribution in [1.29, 1.82) is 0 Å². The third-order valence-electron chi connectivity index (χ3n) is 2.38. The molecular formula is C10H10N2O2. The predicted molar refractivity (Wildman–Crippen MR) is 54.4 cm³/mol. The van der Waals surface area contributed by atoms with Crippen LogP contribution < -0.4 is 5.73 Å². The van der Waals surface area contributed by atoms with Crippen LogP contribution in [0.4, 0.5) is 5.69 Å². The highest BCUT2D eigenvalue weighted by molar-refractivity contribution is 6.05. The number of nitrogen functional groups attached to an aromatic ring is 1. The summed E-state index contributed by atoms with van der Waals surface area (Å²) in [4.78, 5) is 13.8. The zero-order chi connectivity index (χ0) is 10.3. The van der Waals surface area contributed by atoms with E-state index in [2.05, 4.69) is 4.98 Å². The molecule has 1 aromatic heterocycles. The molecule has 0 saturated heterocycles. The van der Waals surface area contributed by atoms with Gasteiger partial charge in [0.1, 0.15) is 0 Å². The van der Waals surface area contributed by atoms with Crippen molar-refractivity contribution in [2.75, 3.05) is 5.73 Å². The van der Waals surface area contributed by atoms with Crippen molar-refractivity contribution >= 4 is 22.6 Å². The molecule has 72 valence electrons. The molecule has 1 heterocycles. The standard InChI is InChI=1S/C10H10N2O2/c1-5-7(11)2-3-8-9(5)6(4-12-8)10(13)14/h2-4,12H,11H2,1H3,(H,13,14). The summed E-state index contributed by atoms with van der Waals surface area (Å²) < 4.78 is 0. The number of nitrogens with one attached hydrogen (secondary N) is 1. The summed E-state index contributed by atoms with van der Waals surface area (Å²) in [7, 11) is 0. The van der Waals surface area contributed by atoms with Gasteiger partial charge >= 0.3 is 5.97 Å². The number of hydrogen-bond acceptors (Lipinski definition) is 2. The van der Waals surface area contributed by atoms with Crippen molar-refractivity contribution in [1.82, 2.24) is 4.98 Å². The number of aromatic amines is 1. The zero-order valence-corrected chi connectivity index (χ0v) is 7.66. The Kier molecular flexibility index (Phi) is 1.70. The molecule has 0 aliphatic rings. The number of rotatable bonds is 1. The first-order valence-corrected chi connectivity index (χ1v) is 4.20. The number of carboxylic acid groups (broad SMARTS) is 1. The van der Waals surface area contributed by atoms with Crippen LogP contribution in [0.25, 0.3) is 10.9 Å². The van der Waals surface area contributed by atoms with E-state index in [0.29, 0.717) is 11.1 Å². The van der Waals surface area contributed by atoms with E-state index in [4.69, 9.17) is 10.8 Å². The van der Waals surface area contributed by atoms with Crippen molar-refractivity contribution in [3.8, 4) is 0 Å². The van der Waals surface area contributed by atoms with Crippen molar-refractivity contribution in [3.63, 3.8) is 0 Å². The van der Waals surface area contributed by atoms with Crippen LogP contribution in [0, 0.1) is 6.92 Å². The Balaban J connectivity index is 2.89. The molecule has 0 aliphatic carbocycles. The minimum atomic E-state index is -0.940. The highest BCUT2D eigenvalue weighted by atomic mass is 16.4. The molecule has 14 heavy (non-hydrogen) atoms. The number of fused-ring (bicyclic) bond motifs is 1. The second-order valence-corrected chi connectivity index (χ2v) is 3.21. The minimum Gasteiger partial charge on any atom is -0.478 e. The molecule has 0 radical (unpaired) electrons. The van der Waals surface area contributed by atoms with Crippen LogP contribution in [0.15, 0.2) is 18.3 Å². The summed E-state index contributed by atoms with van der Waals surface area (Å²) in [6.07, 6.45) is 1.49. The van der Waals surface area contributed by atoms with E-state index < -0.39 is 5.97 Å². The Morgan fingerprint density at radius 1 is 1.50 bits per heavy atom. The Labute approximate surface area is 80.3 Å². The first kappa shape index (κ1) is 8.62. The number of H-pyrrole nitrogens is 1. The van der Waals surface area contributed by atoms with E-state index in [-0.39, 0.29) is 5.56 Å². The van der Waals surface area contributed by atoms with Gasteiger partial charge in [0.15, 0.2) is 0 Å². The molecule has 4 N–H and O–H groups in total. The van der Waals surface area contributed by atoms with Crippen LogP contribution in [0.1, 0.15) is 15.9 Å². The molecule has 0 atom stereocenters. The third-order valence-corrected chi connectivity index (χ3v) is 2.38. The summed E-state index contributed by atoms with van der Waals surface area (Å²) in [5.41, 5.74) is 8.19. The smallest absolute Gasteiger partial charge is 0.337 e. The van der Waals surface area contributed by atoms with Crippen LogP contribution in [-0.2, 0) is 0 Å². The second kappa shape index (κ2) is 2.77. The van der Waals surface area contributed by atoms with Crippen molar-refractivity contribution in [3.05, 3.63) is 29.5 Å². The molecule has 2 rings (SSSR count). The quantitative estimate of drug-likeness (QED) is 0.599. The normalized spacial score (nSPS) is 10.6. The molecule has 0 aliphatic heterocycles. The van der Waals surface area contributed by atoms with E-state index >= 15 is 0 Å². The fourth-order valence-corrected chi connectivity index (χ4v) is 1.59. The molecular weight excluding hydrogens is 180 g/mol. The van der Waals surface area contributed by atoms with Gasteiger partial charge < -0.3 is 15.8 Å². The highest BCUT2D eigenvalue weighted by Gasteiger charge is 2.13. The lowest BCUT2D eigenvalue weighted by Gasteiger charge is -2.01. The molecule has 1 aromatic carbocycles. The summed E-state index contributed by atoms with van der Waals surface area (Å²) in [5.74, 6) is -0.940. The molecule has 0 amide bonds. The fraction of sp³-hybridized carbons (Fsp3) is 0.100. The first-order valence-electron chi connectivity index (χ1n) is 4.20. The largest absolute Gasteiger partial charge is 0.478 e. The van der Waals surface area contributed by atoms with Gasteiger partial charge in [0.2, 0.25) is 0 Å². The summed E-state index contributed by atoms with van der Waals surface area (Å²) in [6.45, 7) is 1.82. The average molecular weight is 190 g/mol. The lowest BCUT2D eigenvalue weighted by Crippen LogP contribution is -1.96. The van der Waals surface area contributed by atoms with Gasteiger partial charge in [-0.25, -0.2) is 4.79 Å². The fourth-order valence-electron chi connectivity index (χ4n) is 1.59. The van der Waals surface area contributed by atoms with Gasteiger partial charge in [0.25, 0.3) is 0 Å². The van der Waals surface area contributed by atoms with E-state index in [1.165, 1.54) is 6.20 Å². The van der Waals surface area contributed by atoms with Crippen molar-refractivity contribution in [2.24, 2.45) is 0 Å². The number of hydrogen-bond donors (Lipinski definition) is 3. The minimum absolute atomic E-state index is 0.268. The number of carboxylic acids is 1. The molecule has 0 fully saturated rings. The Morgan fingerprint density at radius 3 is 2.86 bits per heavy atom. The molecule has 0 unspecified atom stereocenters. The van der Waals surface area contributed by atoms with Crippen molar-refractivity contribution < 1.29 is 9.90 Å². The molecule has 2 aromatic rings. The van der Waals surface area contributed by atoms with E-state index in [0.717, 1.165) is 11.1 Å². The summed E-state index contributed by atoms with van der Waals surface area (Å²) in [5, 5.41) is 9.62. The number of aryl methyl sites for hydroxylation is 1. The molecule has 0 bridgehead atoms. The zero-order valence-electron chi connectivity index (χ0n) is 7.66. The van der Waals surface area contributed by atoms with Gasteiger partial charge in [-0.2, -0.15) is 0 Å². The Bertz CT molecular complexity index is 514. The Hall–Kier alpha value is -1.97. The second-order valence-electron chi connectivity index (χ2n) is 3.21. The Morgan fingerprint density at radius 2 is 2.21 bits per heavy atom. The van der Waals surface area contributed by atoms with Gasteiger partial charge in [0, 0.05) is 22.8 Å². The van der Waals surface area contributed by atoms with Gasteiger partial charge in [-0.1, -0.05) is 0 Å². The topological polar surface area (TPSA) is 79.1 Å². The number of aromatic nitrogens is 1. The summed E-state index contributed by atoms with van der Waals surface area (Å²) >= 11 is 0. The van der Waals surface area contributed by atoms with Crippen LogP contribution >= 0.6 is 0 Å². The number of nitrogens with two attached hydrogens (primary N) is 1. The molecule has 0 saturated carbocycles. The van der Waals surface area contributed by atoms with Gasteiger partial charge in [0.05, 0.1) is 5.56 Å². The molecule has 4 heteroatoms. The van der Waals surface area contributed by atoms with Gasteiger partial charge in [-0.3, -0.25) is 0 Å². The predicted octanol–water partition coefficient (Wildman–Crippen LogP) is 1.76. The number of benzene rings is 1. The number of anilines is 1. The van der Waals surface area contributed by atoms with Crippen LogP contribution in [-0.4, -0.2) is 16.1 Å². The van der Waals surface area contributed by atoms with Crippen molar-refractivity contribution in [2.45, 2.75) is 6.92 Å². The highest BCUT2D eigenvalue weighted by Crippen LogP contribution is 2.26. The maximum absolute atomic E-state index is 10.9. The summed E-state index contributed by atoms with van der Waals surface area (Å²) in [6, 6.07) is 3.55. The van der Waals surface area contributed by atoms with E-state index in [1.807, 2.05) is 6.92 Å². The monoisotopic (exact) mass is 190 g/mol. The maximum Gasteiger partial charge on any atom is 0.337 e. The van der Waals surface area contributed by atoms with Crippen LogP contribution in [0.2, 0.25) is 0 Å². The molecule has 4 nitrogen and oxygen atoms in total. The third kappa shape index (κ3) is 1.04.